The average Bonchev–Trinajstić information content (AvgIpc) is 2.99. The van der Waals surface area contributed by atoms with E-state index in [0.717, 1.165) is 21.8 Å². The van der Waals surface area contributed by atoms with Crippen LogP contribution in [-0.4, -0.2) is 18.4 Å². The number of carbonyl (C=O) groups is 2. The van der Waals surface area contributed by atoms with Gasteiger partial charge in [0.25, 0.3) is 11.8 Å². The van der Waals surface area contributed by atoms with E-state index in [2.05, 4.69) is 5.32 Å². The van der Waals surface area contributed by atoms with Crippen molar-refractivity contribution in [2.75, 3.05) is 16.8 Å². The van der Waals surface area contributed by atoms with E-state index in [1.165, 1.54) is 16.7 Å². The van der Waals surface area contributed by atoms with Crippen molar-refractivity contribution in [1.82, 2.24) is 0 Å². The summed E-state index contributed by atoms with van der Waals surface area (Å²) >= 11 is 1.29. The molecule has 1 heterocycles. The van der Waals surface area contributed by atoms with Crippen molar-refractivity contribution in [1.29, 1.82) is 0 Å². The Morgan fingerprint density at radius 1 is 0.875 bits per heavy atom. The first kappa shape index (κ1) is 21.7. The van der Waals surface area contributed by atoms with Crippen LogP contribution < -0.4 is 15.0 Å². The van der Waals surface area contributed by atoms with Gasteiger partial charge in [-0.05, 0) is 80.4 Å². The van der Waals surface area contributed by atoms with Gasteiger partial charge in [0.15, 0.2) is 0 Å². The van der Waals surface area contributed by atoms with E-state index in [-0.39, 0.29) is 17.5 Å². The first-order valence-electron chi connectivity index (χ1n) is 10.4. The molecule has 0 aliphatic carbocycles. The molecule has 3 aromatic carbocycles. The molecule has 3 aromatic rings. The van der Waals surface area contributed by atoms with Crippen molar-refractivity contribution in [2.45, 2.75) is 25.7 Å². The maximum atomic E-state index is 13.5. The third-order valence-electron chi connectivity index (χ3n) is 4.90. The minimum atomic E-state index is -0.368. The fourth-order valence-corrected chi connectivity index (χ4v) is 4.53. The molecule has 4 rings (SSSR count). The molecule has 0 atom stereocenters. The molecule has 162 valence electrons. The van der Waals surface area contributed by atoms with E-state index < -0.39 is 0 Å². The van der Waals surface area contributed by atoms with E-state index in [0.29, 0.717) is 22.9 Å². The highest BCUT2D eigenvalue weighted by molar-refractivity contribution is 8.04. The summed E-state index contributed by atoms with van der Waals surface area (Å²) in [6.45, 7) is 6.41. The molecule has 0 fully saturated rings. The predicted molar refractivity (Wildman–Crippen MR) is 129 cm³/mol. The van der Waals surface area contributed by atoms with Gasteiger partial charge >= 0.3 is 0 Å². The van der Waals surface area contributed by atoms with Gasteiger partial charge in [-0.15, -0.1) is 0 Å². The third-order valence-corrected chi connectivity index (χ3v) is 5.99. The topological polar surface area (TPSA) is 58.6 Å². The fraction of sp³-hybridized carbons (Fsp3) is 0.154. The van der Waals surface area contributed by atoms with Crippen molar-refractivity contribution in [3.05, 3.63) is 94.5 Å². The van der Waals surface area contributed by atoms with E-state index in [9.17, 15) is 9.59 Å². The van der Waals surface area contributed by atoms with Crippen LogP contribution >= 0.6 is 11.8 Å². The lowest BCUT2D eigenvalue weighted by molar-refractivity contribution is -0.120. The van der Waals surface area contributed by atoms with Crippen LogP contribution in [0, 0.1) is 13.8 Å². The second-order valence-electron chi connectivity index (χ2n) is 7.49. The van der Waals surface area contributed by atoms with Gasteiger partial charge in [-0.25, -0.2) is 4.90 Å². The summed E-state index contributed by atoms with van der Waals surface area (Å²) in [4.78, 5) is 29.4. The van der Waals surface area contributed by atoms with E-state index >= 15 is 0 Å². The number of rotatable bonds is 7. The first-order chi connectivity index (χ1) is 15.5. The standard InChI is InChI=1S/C26H24N2O3S/c1-4-31-21-12-10-19(11-13-21)27-23-24(32-22-8-6-5-7-9-22)26(30)28(25(23)29)20-15-17(2)14-18(3)16-20/h5-16,27H,4H2,1-3H3. The van der Waals surface area contributed by atoms with Crippen LogP contribution in [-0.2, 0) is 9.59 Å². The summed E-state index contributed by atoms with van der Waals surface area (Å²) in [5.74, 6) is 0.0474. The zero-order chi connectivity index (χ0) is 22.7. The lowest BCUT2D eigenvalue weighted by atomic mass is 10.1. The molecular formula is C26H24N2O3S. The van der Waals surface area contributed by atoms with Crippen LogP contribution in [0.5, 0.6) is 5.75 Å². The van der Waals surface area contributed by atoms with Gasteiger partial charge in [-0.2, -0.15) is 0 Å². The minimum Gasteiger partial charge on any atom is -0.494 e. The van der Waals surface area contributed by atoms with E-state index in [1.54, 1.807) is 0 Å². The molecule has 0 saturated carbocycles. The molecular weight excluding hydrogens is 420 g/mol. The van der Waals surface area contributed by atoms with Gasteiger partial charge in [0, 0.05) is 10.6 Å². The summed E-state index contributed by atoms with van der Waals surface area (Å²) in [5.41, 5.74) is 3.54. The maximum Gasteiger partial charge on any atom is 0.283 e. The maximum absolute atomic E-state index is 13.5. The predicted octanol–water partition coefficient (Wildman–Crippen LogP) is 5.69. The molecule has 6 heteroatoms. The number of nitrogens with one attached hydrogen (secondary N) is 1. The molecule has 32 heavy (non-hydrogen) atoms. The Balaban J connectivity index is 1.72. The molecule has 2 amide bonds. The molecule has 1 aliphatic heterocycles. The minimum absolute atomic E-state index is 0.271. The van der Waals surface area contributed by atoms with Gasteiger partial charge in [-0.3, -0.25) is 9.59 Å². The molecule has 0 spiro atoms. The van der Waals surface area contributed by atoms with Crippen molar-refractivity contribution < 1.29 is 14.3 Å². The van der Waals surface area contributed by atoms with Crippen molar-refractivity contribution in [3.63, 3.8) is 0 Å². The van der Waals surface area contributed by atoms with Crippen LogP contribution in [0.4, 0.5) is 11.4 Å². The number of benzene rings is 3. The number of thioether (sulfide) groups is 1. The largest absolute Gasteiger partial charge is 0.494 e. The number of aryl methyl sites for hydroxylation is 2. The zero-order valence-electron chi connectivity index (χ0n) is 18.2. The van der Waals surface area contributed by atoms with Crippen LogP contribution in [0.25, 0.3) is 0 Å². The zero-order valence-corrected chi connectivity index (χ0v) is 19.0. The first-order valence-corrected chi connectivity index (χ1v) is 11.2. The molecule has 1 aliphatic rings. The quantitative estimate of drug-likeness (QED) is 0.474. The molecule has 5 nitrogen and oxygen atoms in total. The van der Waals surface area contributed by atoms with E-state index in [1.807, 2.05) is 93.6 Å². The van der Waals surface area contributed by atoms with Crippen LogP contribution in [0.2, 0.25) is 0 Å². The van der Waals surface area contributed by atoms with Gasteiger partial charge in [0.05, 0.1) is 12.3 Å². The normalized spacial score (nSPS) is 13.7. The summed E-state index contributed by atoms with van der Waals surface area (Å²) < 4.78 is 5.49. The Bertz CT molecular complexity index is 1170. The second kappa shape index (κ2) is 9.32. The van der Waals surface area contributed by atoms with Gasteiger partial charge < -0.3 is 10.1 Å². The average molecular weight is 445 g/mol. The SMILES string of the molecule is CCOc1ccc(NC2=C(Sc3ccccc3)C(=O)N(c3cc(C)cc(C)c3)C2=O)cc1. The number of hydrogen-bond acceptors (Lipinski definition) is 5. The number of nitrogens with zero attached hydrogens (tertiary/aromatic N) is 1. The summed E-state index contributed by atoms with van der Waals surface area (Å²) in [6, 6.07) is 22.6. The van der Waals surface area contributed by atoms with Crippen molar-refractivity contribution in [2.24, 2.45) is 0 Å². The molecule has 0 saturated heterocycles. The van der Waals surface area contributed by atoms with Crippen LogP contribution in [0.3, 0.4) is 0 Å². The fourth-order valence-electron chi connectivity index (χ4n) is 3.58. The summed E-state index contributed by atoms with van der Waals surface area (Å²) in [6.07, 6.45) is 0. The number of hydrogen-bond donors (Lipinski definition) is 1. The van der Waals surface area contributed by atoms with Gasteiger partial charge in [0.2, 0.25) is 0 Å². The second-order valence-corrected chi connectivity index (χ2v) is 8.58. The highest BCUT2D eigenvalue weighted by Gasteiger charge is 2.40. The molecule has 0 aromatic heterocycles. The monoisotopic (exact) mass is 444 g/mol. The summed E-state index contributed by atoms with van der Waals surface area (Å²) in [5, 5.41) is 3.18. The lowest BCUT2D eigenvalue weighted by Gasteiger charge is -2.17. The number of amides is 2. The Hall–Kier alpha value is -3.51. The number of ether oxygens (including phenoxy) is 1. The Kier molecular flexibility index (Phi) is 6.32. The van der Waals surface area contributed by atoms with Crippen LogP contribution in [0.1, 0.15) is 18.1 Å². The Labute approximate surface area is 192 Å². The smallest absolute Gasteiger partial charge is 0.283 e. The van der Waals surface area contributed by atoms with Gasteiger partial charge in [-0.1, -0.05) is 36.0 Å². The summed E-state index contributed by atoms with van der Waals surface area (Å²) in [7, 11) is 0. The highest BCUT2D eigenvalue weighted by atomic mass is 32.2. The lowest BCUT2D eigenvalue weighted by Crippen LogP contribution is -2.32. The molecule has 0 radical (unpaired) electrons. The number of carbonyl (C=O) groups excluding carboxylic acids is 2. The number of imide groups is 1. The Morgan fingerprint density at radius 2 is 1.53 bits per heavy atom. The van der Waals surface area contributed by atoms with Gasteiger partial charge in [0.1, 0.15) is 16.4 Å². The molecule has 0 bridgehead atoms. The van der Waals surface area contributed by atoms with Crippen LogP contribution in [0.15, 0.2) is 88.3 Å². The molecule has 1 N–H and O–H groups in total. The van der Waals surface area contributed by atoms with E-state index in [4.69, 9.17) is 4.74 Å². The number of anilines is 2. The van der Waals surface area contributed by atoms with Crippen molar-refractivity contribution in [3.8, 4) is 5.75 Å². The Morgan fingerprint density at radius 3 is 2.16 bits per heavy atom. The highest BCUT2D eigenvalue weighted by Crippen LogP contribution is 2.38. The third kappa shape index (κ3) is 4.55. The van der Waals surface area contributed by atoms with Crippen molar-refractivity contribution >= 4 is 35.0 Å². The molecule has 0 unspecified atom stereocenters.